The Morgan fingerprint density at radius 2 is 1.60 bits per heavy atom. The Morgan fingerprint density at radius 1 is 0.933 bits per heavy atom. The minimum atomic E-state index is 0.432. The number of piperidine rings is 1. The Bertz CT molecular complexity index is 247. The van der Waals surface area contributed by atoms with Crippen molar-refractivity contribution in [3.05, 3.63) is 0 Å². The van der Waals surface area contributed by atoms with Gasteiger partial charge in [-0.1, -0.05) is 6.42 Å². The van der Waals surface area contributed by atoms with Crippen molar-refractivity contribution >= 4 is 5.78 Å². The van der Waals surface area contributed by atoms with E-state index in [-0.39, 0.29) is 0 Å². The van der Waals surface area contributed by atoms with Gasteiger partial charge >= 0.3 is 0 Å². The van der Waals surface area contributed by atoms with Gasteiger partial charge in [0.15, 0.2) is 0 Å². The monoisotopic (exact) mass is 207 g/mol. The molecule has 3 rings (SSSR count). The zero-order valence-electron chi connectivity index (χ0n) is 9.37. The number of hydrogen-bond donors (Lipinski definition) is 1. The standard InChI is InChI=1S/C13H21NO/c15-13(11-2-1-3-11)12-5-9-4-10(6-12)8-14-7-9/h9-12,14H,1-8H2. The molecular weight excluding hydrogens is 186 g/mol. The Labute approximate surface area is 91.8 Å². The molecule has 2 atom stereocenters. The maximum atomic E-state index is 12.2. The van der Waals surface area contributed by atoms with Crippen LogP contribution in [0.5, 0.6) is 0 Å². The molecule has 3 aliphatic rings. The van der Waals surface area contributed by atoms with Crippen molar-refractivity contribution in [2.45, 2.75) is 38.5 Å². The molecule has 15 heavy (non-hydrogen) atoms. The van der Waals surface area contributed by atoms with E-state index in [4.69, 9.17) is 0 Å². The summed E-state index contributed by atoms with van der Waals surface area (Å²) in [5, 5.41) is 3.49. The second-order valence-electron chi connectivity index (χ2n) is 5.82. The van der Waals surface area contributed by atoms with Crippen LogP contribution in [0.15, 0.2) is 0 Å². The zero-order valence-corrected chi connectivity index (χ0v) is 9.37. The molecule has 0 aromatic rings. The van der Waals surface area contributed by atoms with Crippen LogP contribution in [0.3, 0.4) is 0 Å². The lowest BCUT2D eigenvalue weighted by Crippen LogP contribution is -2.44. The van der Waals surface area contributed by atoms with E-state index in [9.17, 15) is 4.79 Å². The van der Waals surface area contributed by atoms with Gasteiger partial charge < -0.3 is 5.32 Å². The fraction of sp³-hybridized carbons (Fsp3) is 0.923. The van der Waals surface area contributed by atoms with Gasteiger partial charge in [0, 0.05) is 11.8 Å². The van der Waals surface area contributed by atoms with Crippen molar-refractivity contribution < 1.29 is 4.79 Å². The minimum absolute atomic E-state index is 0.432. The van der Waals surface area contributed by atoms with Gasteiger partial charge in [0.05, 0.1) is 0 Å². The number of carbonyl (C=O) groups excluding carboxylic acids is 1. The lowest BCUT2D eigenvalue weighted by molar-refractivity contribution is -0.131. The van der Waals surface area contributed by atoms with Gasteiger partial charge in [0.25, 0.3) is 0 Å². The van der Waals surface area contributed by atoms with E-state index < -0.39 is 0 Å². The van der Waals surface area contributed by atoms with Crippen LogP contribution in [0.25, 0.3) is 0 Å². The van der Waals surface area contributed by atoms with Gasteiger partial charge in [0.2, 0.25) is 0 Å². The Hall–Kier alpha value is -0.370. The Morgan fingerprint density at radius 3 is 2.13 bits per heavy atom. The highest BCUT2D eigenvalue weighted by molar-refractivity contribution is 5.84. The number of ketones is 1. The van der Waals surface area contributed by atoms with Gasteiger partial charge in [-0.15, -0.1) is 0 Å². The summed E-state index contributed by atoms with van der Waals surface area (Å²) >= 11 is 0. The van der Waals surface area contributed by atoms with Gasteiger partial charge in [-0.05, 0) is 57.0 Å². The molecule has 2 bridgehead atoms. The first-order valence-corrected chi connectivity index (χ1v) is 6.57. The number of hydrogen-bond acceptors (Lipinski definition) is 2. The van der Waals surface area contributed by atoms with E-state index in [2.05, 4.69) is 5.32 Å². The number of carbonyl (C=O) groups is 1. The summed E-state index contributed by atoms with van der Waals surface area (Å²) in [6.07, 6.45) is 7.39. The van der Waals surface area contributed by atoms with E-state index in [1.807, 2.05) is 0 Å². The first-order chi connectivity index (χ1) is 7.33. The average Bonchev–Trinajstić information content (AvgIpc) is 2.14. The third-order valence-electron chi connectivity index (χ3n) is 4.68. The van der Waals surface area contributed by atoms with Crippen LogP contribution >= 0.6 is 0 Å². The molecule has 1 N–H and O–H groups in total. The van der Waals surface area contributed by atoms with E-state index in [0.717, 1.165) is 24.9 Å². The van der Waals surface area contributed by atoms with Gasteiger partial charge in [-0.3, -0.25) is 4.79 Å². The number of rotatable bonds is 2. The Kier molecular flexibility index (Phi) is 2.55. The average molecular weight is 207 g/mol. The summed E-state index contributed by atoms with van der Waals surface area (Å²) in [5.41, 5.74) is 0. The fourth-order valence-corrected chi connectivity index (χ4v) is 3.65. The molecule has 2 unspecified atom stereocenters. The summed E-state index contributed by atoms with van der Waals surface area (Å²) in [4.78, 5) is 12.2. The van der Waals surface area contributed by atoms with Crippen LogP contribution < -0.4 is 5.32 Å². The summed E-state index contributed by atoms with van der Waals surface area (Å²) in [6, 6.07) is 0. The third-order valence-corrected chi connectivity index (χ3v) is 4.68. The van der Waals surface area contributed by atoms with Crippen molar-refractivity contribution in [2.75, 3.05) is 13.1 Å². The van der Waals surface area contributed by atoms with E-state index in [1.165, 1.54) is 38.5 Å². The second kappa shape index (κ2) is 3.89. The van der Waals surface area contributed by atoms with Crippen molar-refractivity contribution in [2.24, 2.45) is 23.7 Å². The smallest absolute Gasteiger partial charge is 0.139 e. The molecule has 3 fully saturated rings. The molecule has 1 heterocycles. The summed E-state index contributed by atoms with van der Waals surface area (Å²) in [6.45, 7) is 2.32. The predicted octanol–water partition coefficient (Wildman–Crippen LogP) is 1.99. The van der Waals surface area contributed by atoms with Crippen LogP contribution in [-0.4, -0.2) is 18.9 Å². The maximum Gasteiger partial charge on any atom is 0.139 e. The first-order valence-electron chi connectivity index (χ1n) is 6.57. The summed E-state index contributed by atoms with van der Waals surface area (Å²) < 4.78 is 0. The van der Waals surface area contributed by atoms with Crippen molar-refractivity contribution in [3.63, 3.8) is 0 Å². The summed E-state index contributed by atoms with van der Waals surface area (Å²) in [7, 11) is 0. The van der Waals surface area contributed by atoms with Gasteiger partial charge in [-0.25, -0.2) is 0 Å². The quantitative estimate of drug-likeness (QED) is 0.750. The fourth-order valence-electron chi connectivity index (χ4n) is 3.65. The summed E-state index contributed by atoms with van der Waals surface area (Å²) in [5.74, 6) is 3.11. The molecule has 0 spiro atoms. The highest BCUT2D eigenvalue weighted by Crippen LogP contribution is 2.39. The zero-order chi connectivity index (χ0) is 10.3. The Balaban J connectivity index is 1.63. The van der Waals surface area contributed by atoms with Crippen molar-refractivity contribution in [1.29, 1.82) is 0 Å². The van der Waals surface area contributed by atoms with E-state index in [0.29, 0.717) is 17.6 Å². The second-order valence-corrected chi connectivity index (χ2v) is 5.82. The predicted molar refractivity (Wildman–Crippen MR) is 59.5 cm³/mol. The van der Waals surface area contributed by atoms with Crippen molar-refractivity contribution in [1.82, 2.24) is 5.32 Å². The van der Waals surface area contributed by atoms with Crippen molar-refractivity contribution in [3.8, 4) is 0 Å². The molecule has 0 aromatic heterocycles. The molecule has 1 saturated heterocycles. The molecule has 84 valence electrons. The highest BCUT2D eigenvalue weighted by atomic mass is 16.1. The van der Waals surface area contributed by atoms with E-state index >= 15 is 0 Å². The molecular formula is C13H21NO. The van der Waals surface area contributed by atoms with Crippen LogP contribution in [0.1, 0.15) is 38.5 Å². The third kappa shape index (κ3) is 1.84. The first kappa shape index (κ1) is 9.83. The molecule has 0 radical (unpaired) electrons. The number of nitrogens with one attached hydrogen (secondary N) is 1. The van der Waals surface area contributed by atoms with Crippen LogP contribution in [0.4, 0.5) is 0 Å². The van der Waals surface area contributed by atoms with Crippen LogP contribution in [0, 0.1) is 23.7 Å². The minimum Gasteiger partial charge on any atom is -0.316 e. The molecule has 1 aliphatic heterocycles. The van der Waals surface area contributed by atoms with Crippen LogP contribution in [0.2, 0.25) is 0 Å². The lowest BCUT2D eigenvalue weighted by atomic mass is 9.67. The van der Waals surface area contributed by atoms with E-state index in [1.54, 1.807) is 0 Å². The molecule has 2 saturated carbocycles. The molecule has 0 amide bonds. The molecule has 2 aliphatic carbocycles. The maximum absolute atomic E-state index is 12.2. The molecule has 2 nitrogen and oxygen atoms in total. The number of fused-ring (bicyclic) bond motifs is 2. The largest absolute Gasteiger partial charge is 0.316 e. The molecule has 2 heteroatoms. The van der Waals surface area contributed by atoms with Gasteiger partial charge in [-0.2, -0.15) is 0 Å². The normalized spacial score (nSPS) is 40.9. The molecule has 0 aromatic carbocycles. The lowest BCUT2D eigenvalue weighted by Gasteiger charge is -2.40. The topological polar surface area (TPSA) is 29.1 Å². The highest BCUT2D eigenvalue weighted by Gasteiger charge is 2.38. The van der Waals surface area contributed by atoms with Crippen LogP contribution in [-0.2, 0) is 4.79 Å². The SMILES string of the molecule is O=C(C1CCC1)C1CC2CNCC(C2)C1. The van der Waals surface area contributed by atoms with Gasteiger partial charge in [0.1, 0.15) is 5.78 Å². The number of Topliss-reactive ketones (excluding diaryl/α,β-unsaturated/α-hetero) is 1.